The van der Waals surface area contributed by atoms with Crippen LogP contribution in [0.2, 0.25) is 0 Å². The van der Waals surface area contributed by atoms with Crippen LogP contribution in [-0.4, -0.2) is 19.6 Å². The van der Waals surface area contributed by atoms with Crippen LogP contribution in [0.5, 0.6) is 0 Å². The highest BCUT2D eigenvalue weighted by Crippen LogP contribution is 2.35. The molecule has 5 nitrogen and oxygen atoms in total. The van der Waals surface area contributed by atoms with E-state index in [0.29, 0.717) is 17.1 Å². The van der Waals surface area contributed by atoms with E-state index in [0.717, 1.165) is 16.1 Å². The molecule has 1 fully saturated rings. The highest BCUT2D eigenvalue weighted by atomic mass is 32.2. The van der Waals surface area contributed by atoms with Gasteiger partial charge in [-0.05, 0) is 24.4 Å². The smallest absolute Gasteiger partial charge is 0.283 e. The van der Waals surface area contributed by atoms with Gasteiger partial charge in [-0.25, -0.2) is 4.98 Å². The van der Waals surface area contributed by atoms with Crippen molar-refractivity contribution < 1.29 is 4.42 Å². The Morgan fingerprint density at radius 3 is 2.70 bits per heavy atom. The van der Waals surface area contributed by atoms with E-state index in [1.807, 2.05) is 0 Å². The molecule has 0 spiro atoms. The molecule has 0 radical (unpaired) electrons. The van der Waals surface area contributed by atoms with E-state index in [1.54, 1.807) is 0 Å². The van der Waals surface area contributed by atoms with Crippen molar-refractivity contribution in [2.45, 2.75) is 67.3 Å². The van der Waals surface area contributed by atoms with Gasteiger partial charge in [0.2, 0.25) is 5.89 Å². The fourth-order valence-corrected chi connectivity index (χ4v) is 3.88. The molecule has 3 rings (SSSR count). The number of aromatic nitrogens is 4. The largest absolute Gasteiger partial charge is 0.415 e. The molecule has 108 valence electrons. The van der Waals surface area contributed by atoms with E-state index in [-0.39, 0.29) is 0 Å². The van der Waals surface area contributed by atoms with Gasteiger partial charge in [0.15, 0.2) is 4.34 Å². The molecule has 1 aliphatic rings. The Labute approximate surface area is 126 Å². The third-order valence-electron chi connectivity index (χ3n) is 3.49. The van der Waals surface area contributed by atoms with Crippen molar-refractivity contribution in [3.63, 3.8) is 0 Å². The van der Waals surface area contributed by atoms with Crippen LogP contribution in [0.15, 0.2) is 14.0 Å². The van der Waals surface area contributed by atoms with Crippen molar-refractivity contribution in [2.75, 3.05) is 0 Å². The first kappa shape index (κ1) is 14.0. The van der Waals surface area contributed by atoms with Crippen LogP contribution in [0.25, 0.3) is 0 Å². The van der Waals surface area contributed by atoms with Crippen LogP contribution >= 0.6 is 23.3 Å². The first-order chi connectivity index (χ1) is 9.72. The molecule has 1 saturated carbocycles. The number of hydrogen-bond donors (Lipinski definition) is 0. The zero-order valence-corrected chi connectivity index (χ0v) is 13.3. The first-order valence-corrected chi connectivity index (χ1v) is 8.66. The van der Waals surface area contributed by atoms with Crippen molar-refractivity contribution in [3.05, 3.63) is 11.7 Å². The minimum atomic E-state index is 0.348. The summed E-state index contributed by atoms with van der Waals surface area (Å²) in [6.07, 6.45) is 6.20. The molecule has 0 amide bonds. The van der Waals surface area contributed by atoms with Crippen molar-refractivity contribution in [2.24, 2.45) is 0 Å². The zero-order chi connectivity index (χ0) is 13.9. The molecule has 2 heterocycles. The lowest BCUT2D eigenvalue weighted by Crippen LogP contribution is -2.04. The number of hydrogen-bond acceptors (Lipinski definition) is 7. The van der Waals surface area contributed by atoms with Crippen LogP contribution < -0.4 is 0 Å². The Morgan fingerprint density at radius 1 is 1.20 bits per heavy atom. The quantitative estimate of drug-likeness (QED) is 0.841. The van der Waals surface area contributed by atoms with Crippen molar-refractivity contribution >= 4 is 23.3 Å². The fraction of sp³-hybridized carbons (Fsp3) is 0.692. The maximum Gasteiger partial charge on any atom is 0.283 e. The summed E-state index contributed by atoms with van der Waals surface area (Å²) in [4.78, 5) is 4.47. The highest BCUT2D eigenvalue weighted by Gasteiger charge is 2.22. The lowest BCUT2D eigenvalue weighted by atomic mass is 9.89. The monoisotopic (exact) mass is 310 g/mol. The Bertz CT molecular complexity index is 560. The standard InChI is InChI=1S/C13H18N4OS2/c1-8(2)10-14-13(20-17-10)19-12-16-15-11(18-12)9-6-4-3-5-7-9/h8-9H,3-7H2,1-2H3. The molecule has 7 heteroatoms. The summed E-state index contributed by atoms with van der Waals surface area (Å²) in [7, 11) is 0. The van der Waals surface area contributed by atoms with Gasteiger partial charge in [-0.3, -0.25) is 0 Å². The van der Waals surface area contributed by atoms with Crippen molar-refractivity contribution in [3.8, 4) is 0 Å². The molecule has 0 aromatic carbocycles. The van der Waals surface area contributed by atoms with Gasteiger partial charge in [0.1, 0.15) is 5.82 Å². The summed E-state index contributed by atoms with van der Waals surface area (Å²) < 4.78 is 11.0. The van der Waals surface area contributed by atoms with Gasteiger partial charge in [0.25, 0.3) is 5.22 Å². The summed E-state index contributed by atoms with van der Waals surface area (Å²) in [5.74, 6) is 2.47. The SMILES string of the molecule is CC(C)c1nsc(Sc2nnc(C3CCCCC3)o2)n1. The predicted octanol–water partition coefficient (Wildman–Crippen LogP) is 4.24. The van der Waals surface area contributed by atoms with Gasteiger partial charge >= 0.3 is 0 Å². The molecule has 0 saturated heterocycles. The van der Waals surface area contributed by atoms with Gasteiger partial charge in [-0.1, -0.05) is 33.1 Å². The predicted molar refractivity (Wildman–Crippen MR) is 78.2 cm³/mol. The van der Waals surface area contributed by atoms with Crippen molar-refractivity contribution in [1.82, 2.24) is 19.6 Å². The topological polar surface area (TPSA) is 64.7 Å². The molecule has 1 aliphatic carbocycles. The fourth-order valence-electron chi connectivity index (χ4n) is 2.35. The summed E-state index contributed by atoms with van der Waals surface area (Å²) >= 11 is 2.81. The van der Waals surface area contributed by atoms with E-state index < -0.39 is 0 Å². The van der Waals surface area contributed by atoms with E-state index in [9.17, 15) is 0 Å². The van der Waals surface area contributed by atoms with Crippen LogP contribution in [0.1, 0.15) is 69.5 Å². The maximum absolute atomic E-state index is 5.78. The Hall–Kier alpha value is -0.950. The second-order valence-corrected chi connectivity index (χ2v) is 7.37. The summed E-state index contributed by atoms with van der Waals surface area (Å²) in [6, 6.07) is 0. The van der Waals surface area contributed by atoms with Crippen LogP contribution in [0.4, 0.5) is 0 Å². The summed E-state index contributed by atoms with van der Waals surface area (Å²) in [6.45, 7) is 4.18. The molecular formula is C13H18N4OS2. The number of nitrogens with zero attached hydrogens (tertiary/aromatic N) is 4. The summed E-state index contributed by atoms with van der Waals surface area (Å²) in [5.41, 5.74) is 0. The third-order valence-corrected chi connectivity index (χ3v) is 5.10. The van der Waals surface area contributed by atoms with Crippen LogP contribution in [-0.2, 0) is 0 Å². The first-order valence-electron chi connectivity index (χ1n) is 7.07. The molecule has 0 N–H and O–H groups in total. The van der Waals surface area contributed by atoms with Crippen molar-refractivity contribution in [1.29, 1.82) is 0 Å². The lowest BCUT2D eigenvalue weighted by Gasteiger charge is -2.17. The number of rotatable bonds is 4. The molecule has 2 aromatic rings. The Balaban J connectivity index is 1.66. The van der Waals surface area contributed by atoms with E-state index in [2.05, 4.69) is 33.4 Å². The molecule has 0 atom stereocenters. The zero-order valence-electron chi connectivity index (χ0n) is 11.7. The molecule has 0 unspecified atom stereocenters. The third kappa shape index (κ3) is 3.20. The minimum Gasteiger partial charge on any atom is -0.415 e. The second-order valence-electron chi connectivity index (χ2n) is 5.42. The van der Waals surface area contributed by atoms with Gasteiger partial charge < -0.3 is 4.42 Å². The van der Waals surface area contributed by atoms with E-state index in [1.165, 1.54) is 55.4 Å². The van der Waals surface area contributed by atoms with E-state index >= 15 is 0 Å². The molecule has 0 bridgehead atoms. The van der Waals surface area contributed by atoms with Gasteiger partial charge in [-0.15, -0.1) is 10.2 Å². The highest BCUT2D eigenvalue weighted by molar-refractivity contribution is 8.00. The Kier molecular flexibility index (Phi) is 4.35. The maximum atomic E-state index is 5.78. The average Bonchev–Trinajstić information content (AvgIpc) is 3.10. The lowest BCUT2D eigenvalue weighted by molar-refractivity contribution is 0.334. The molecule has 0 aliphatic heterocycles. The molecule has 2 aromatic heterocycles. The Morgan fingerprint density at radius 2 is 2.00 bits per heavy atom. The minimum absolute atomic E-state index is 0.348. The average molecular weight is 310 g/mol. The molecular weight excluding hydrogens is 292 g/mol. The molecule has 20 heavy (non-hydrogen) atoms. The normalized spacial score (nSPS) is 16.9. The van der Waals surface area contributed by atoms with Gasteiger partial charge in [-0.2, -0.15) is 4.37 Å². The van der Waals surface area contributed by atoms with Gasteiger partial charge in [0.05, 0.1) is 0 Å². The van der Waals surface area contributed by atoms with E-state index in [4.69, 9.17) is 4.42 Å². The second kappa shape index (κ2) is 6.22. The van der Waals surface area contributed by atoms with Crippen LogP contribution in [0.3, 0.4) is 0 Å². The van der Waals surface area contributed by atoms with Gasteiger partial charge in [0, 0.05) is 23.6 Å². The summed E-state index contributed by atoms with van der Waals surface area (Å²) in [5, 5.41) is 8.90. The van der Waals surface area contributed by atoms with Crippen LogP contribution in [0, 0.1) is 0 Å².